The summed E-state index contributed by atoms with van der Waals surface area (Å²) < 4.78 is 13.4. The standard InChI is InChI=1S/C20H20FN5O/c1-22-20(27)26-8-7-15(12-26)19-24-11-18(25-19)14-5-6-17(23-10-14)13-3-2-4-16(21)9-13/h2-6,9-11,15H,7-8,12H2,1H3,(H,22,27)(H,24,25). The van der Waals surface area contributed by atoms with Gasteiger partial charge in [-0.25, -0.2) is 14.2 Å². The van der Waals surface area contributed by atoms with Crippen molar-refractivity contribution in [3.63, 3.8) is 0 Å². The molecular weight excluding hydrogens is 345 g/mol. The van der Waals surface area contributed by atoms with E-state index in [0.29, 0.717) is 6.54 Å². The molecule has 0 radical (unpaired) electrons. The maximum atomic E-state index is 13.4. The van der Waals surface area contributed by atoms with Crippen molar-refractivity contribution in [3.8, 4) is 22.5 Å². The molecule has 2 aromatic heterocycles. The molecule has 7 heteroatoms. The molecule has 1 aromatic carbocycles. The van der Waals surface area contributed by atoms with E-state index in [1.54, 1.807) is 30.4 Å². The second kappa shape index (κ2) is 7.19. The van der Waals surface area contributed by atoms with Crippen molar-refractivity contribution < 1.29 is 9.18 Å². The lowest BCUT2D eigenvalue weighted by atomic mass is 10.1. The summed E-state index contributed by atoms with van der Waals surface area (Å²) in [5.41, 5.74) is 3.25. The molecule has 138 valence electrons. The highest BCUT2D eigenvalue weighted by atomic mass is 19.1. The molecule has 0 bridgehead atoms. The number of aromatic amines is 1. The molecule has 6 nitrogen and oxygen atoms in total. The number of halogens is 1. The summed E-state index contributed by atoms with van der Waals surface area (Å²) in [6.45, 7) is 1.38. The van der Waals surface area contributed by atoms with Crippen molar-refractivity contribution in [2.75, 3.05) is 20.1 Å². The predicted molar refractivity (Wildman–Crippen MR) is 101 cm³/mol. The molecule has 0 saturated carbocycles. The van der Waals surface area contributed by atoms with Gasteiger partial charge in [-0.15, -0.1) is 0 Å². The van der Waals surface area contributed by atoms with Crippen LogP contribution in [0.2, 0.25) is 0 Å². The van der Waals surface area contributed by atoms with Gasteiger partial charge < -0.3 is 15.2 Å². The molecule has 0 aliphatic carbocycles. The molecule has 27 heavy (non-hydrogen) atoms. The SMILES string of the molecule is CNC(=O)N1CCC(c2ncc(-c3ccc(-c4cccc(F)c4)nc3)[nH]2)C1. The van der Waals surface area contributed by atoms with Crippen molar-refractivity contribution in [1.29, 1.82) is 0 Å². The van der Waals surface area contributed by atoms with Crippen LogP contribution in [0, 0.1) is 5.82 Å². The summed E-state index contributed by atoms with van der Waals surface area (Å²) in [5.74, 6) is 0.806. The van der Waals surface area contributed by atoms with Crippen LogP contribution < -0.4 is 5.32 Å². The van der Waals surface area contributed by atoms with Crippen molar-refractivity contribution in [2.45, 2.75) is 12.3 Å². The van der Waals surface area contributed by atoms with E-state index in [0.717, 1.165) is 41.3 Å². The molecule has 1 fully saturated rings. The molecular formula is C20H20FN5O. The number of H-pyrrole nitrogens is 1. The van der Waals surface area contributed by atoms with Crippen molar-refractivity contribution in [1.82, 2.24) is 25.2 Å². The topological polar surface area (TPSA) is 73.9 Å². The van der Waals surface area contributed by atoms with Crippen LogP contribution in [0.25, 0.3) is 22.5 Å². The maximum Gasteiger partial charge on any atom is 0.317 e. The second-order valence-corrected chi connectivity index (χ2v) is 6.61. The number of nitrogens with one attached hydrogen (secondary N) is 2. The molecule has 2 N–H and O–H groups in total. The lowest BCUT2D eigenvalue weighted by molar-refractivity contribution is 0.210. The number of hydrogen-bond acceptors (Lipinski definition) is 3. The lowest BCUT2D eigenvalue weighted by Crippen LogP contribution is -2.36. The lowest BCUT2D eigenvalue weighted by Gasteiger charge is -2.14. The minimum absolute atomic E-state index is 0.0542. The highest BCUT2D eigenvalue weighted by Crippen LogP contribution is 2.28. The number of carbonyl (C=O) groups is 1. The Labute approximate surface area is 156 Å². The summed E-state index contributed by atoms with van der Waals surface area (Å²) in [7, 11) is 1.64. The van der Waals surface area contributed by atoms with Crippen LogP contribution in [0.15, 0.2) is 48.8 Å². The van der Waals surface area contributed by atoms with Gasteiger partial charge in [-0.2, -0.15) is 0 Å². The summed E-state index contributed by atoms with van der Waals surface area (Å²) in [4.78, 5) is 25.8. The minimum atomic E-state index is -0.279. The van der Waals surface area contributed by atoms with Crippen molar-refractivity contribution >= 4 is 6.03 Å². The highest BCUT2D eigenvalue weighted by molar-refractivity contribution is 5.74. The zero-order valence-corrected chi connectivity index (χ0v) is 14.9. The van der Waals surface area contributed by atoms with Gasteiger partial charge in [0.1, 0.15) is 11.6 Å². The molecule has 3 aromatic rings. The molecule has 4 rings (SSSR count). The molecule has 1 saturated heterocycles. The number of carbonyl (C=O) groups excluding carboxylic acids is 1. The fourth-order valence-corrected chi connectivity index (χ4v) is 3.39. The third kappa shape index (κ3) is 3.53. The van der Waals surface area contributed by atoms with Gasteiger partial charge in [0.15, 0.2) is 0 Å². The fourth-order valence-electron chi connectivity index (χ4n) is 3.39. The number of rotatable bonds is 3. The fraction of sp³-hybridized carbons (Fsp3) is 0.250. The highest BCUT2D eigenvalue weighted by Gasteiger charge is 2.28. The number of urea groups is 1. The van der Waals surface area contributed by atoms with E-state index in [-0.39, 0.29) is 17.8 Å². The first kappa shape index (κ1) is 17.2. The van der Waals surface area contributed by atoms with Gasteiger partial charge in [-0.05, 0) is 30.7 Å². The molecule has 1 atom stereocenters. The molecule has 1 aliphatic heterocycles. The number of likely N-dealkylation sites (tertiary alicyclic amines) is 1. The van der Waals surface area contributed by atoms with Gasteiger partial charge >= 0.3 is 6.03 Å². The summed E-state index contributed by atoms with van der Waals surface area (Å²) >= 11 is 0. The van der Waals surface area contributed by atoms with Gasteiger partial charge in [0, 0.05) is 43.4 Å². The monoisotopic (exact) mass is 365 g/mol. The van der Waals surface area contributed by atoms with E-state index in [1.165, 1.54) is 12.1 Å². The third-order valence-electron chi connectivity index (χ3n) is 4.87. The van der Waals surface area contributed by atoms with E-state index < -0.39 is 0 Å². The van der Waals surface area contributed by atoms with Crippen LogP contribution in [-0.2, 0) is 0 Å². The van der Waals surface area contributed by atoms with Crippen molar-refractivity contribution in [2.24, 2.45) is 0 Å². The Balaban J connectivity index is 1.50. The van der Waals surface area contributed by atoms with Crippen LogP contribution in [0.3, 0.4) is 0 Å². The Morgan fingerprint density at radius 1 is 1.22 bits per heavy atom. The van der Waals surface area contributed by atoms with E-state index in [2.05, 4.69) is 20.3 Å². The average molecular weight is 365 g/mol. The number of nitrogens with zero attached hydrogens (tertiary/aromatic N) is 3. The number of pyridine rings is 1. The molecule has 1 unspecified atom stereocenters. The minimum Gasteiger partial charge on any atom is -0.342 e. The first-order valence-electron chi connectivity index (χ1n) is 8.88. The molecule has 1 aliphatic rings. The quantitative estimate of drug-likeness (QED) is 0.747. The largest absolute Gasteiger partial charge is 0.342 e. The summed E-state index contributed by atoms with van der Waals surface area (Å²) in [6, 6.07) is 10.1. The zero-order valence-electron chi connectivity index (χ0n) is 14.9. The summed E-state index contributed by atoms with van der Waals surface area (Å²) in [5, 5.41) is 2.66. The number of imidazole rings is 1. The number of amides is 2. The first-order chi connectivity index (χ1) is 13.1. The van der Waals surface area contributed by atoms with E-state index in [1.807, 2.05) is 18.2 Å². The Kier molecular flexibility index (Phi) is 4.58. The Morgan fingerprint density at radius 2 is 2.11 bits per heavy atom. The normalized spacial score (nSPS) is 16.5. The van der Waals surface area contributed by atoms with E-state index >= 15 is 0 Å². The zero-order chi connectivity index (χ0) is 18.8. The van der Waals surface area contributed by atoms with Gasteiger partial charge in [-0.3, -0.25) is 4.98 Å². The van der Waals surface area contributed by atoms with E-state index in [9.17, 15) is 9.18 Å². The average Bonchev–Trinajstić information content (AvgIpc) is 3.37. The molecule has 3 heterocycles. The Morgan fingerprint density at radius 3 is 2.85 bits per heavy atom. The van der Waals surface area contributed by atoms with E-state index in [4.69, 9.17) is 0 Å². The third-order valence-corrected chi connectivity index (χ3v) is 4.87. The number of aromatic nitrogens is 3. The summed E-state index contributed by atoms with van der Waals surface area (Å²) in [6.07, 6.45) is 4.43. The van der Waals surface area contributed by atoms with Crippen LogP contribution >= 0.6 is 0 Å². The Hall–Kier alpha value is -3.22. The first-order valence-corrected chi connectivity index (χ1v) is 8.88. The smallest absolute Gasteiger partial charge is 0.317 e. The van der Waals surface area contributed by atoms with Crippen molar-refractivity contribution in [3.05, 3.63) is 60.4 Å². The molecule has 0 spiro atoms. The van der Waals surface area contributed by atoms with Crippen LogP contribution in [-0.4, -0.2) is 46.0 Å². The Bertz CT molecular complexity index is 953. The van der Waals surface area contributed by atoms with Crippen LogP contribution in [0.5, 0.6) is 0 Å². The van der Waals surface area contributed by atoms with Gasteiger partial charge in [-0.1, -0.05) is 12.1 Å². The predicted octanol–water partition coefficient (Wildman–Crippen LogP) is 3.41. The van der Waals surface area contributed by atoms with Gasteiger partial charge in [0.25, 0.3) is 0 Å². The maximum absolute atomic E-state index is 13.4. The van der Waals surface area contributed by atoms with Crippen LogP contribution in [0.1, 0.15) is 18.2 Å². The van der Waals surface area contributed by atoms with Gasteiger partial charge in [0.2, 0.25) is 0 Å². The molecule has 2 amide bonds. The number of hydrogen-bond donors (Lipinski definition) is 2. The number of benzene rings is 1. The second-order valence-electron chi connectivity index (χ2n) is 6.61. The van der Waals surface area contributed by atoms with Crippen LogP contribution in [0.4, 0.5) is 9.18 Å². The van der Waals surface area contributed by atoms with Gasteiger partial charge in [0.05, 0.1) is 17.6 Å².